The number of rotatable bonds is 10. The molecule has 42 heavy (non-hydrogen) atoms. The van der Waals surface area contributed by atoms with E-state index in [9.17, 15) is 28.7 Å². The standard InChI is InChI=1S/C29H39N3O8P2/c1-17(33)31-23(12-19-9-10-26(41)27(13-19)42(36,37)38)29(35)32-22-8-5-11-39-24-15-25(21(28(30)34)14-20(22)24)40-16-18-6-3-2-4-7-18/h9-10,13-15,18,22-23H,2-8,11-12,16,41H2,1H3,(H2,30,34)(H,31,33)(H,32,35)(H2,36,37,38)/t22-,23-/m0/s1. The molecule has 1 heterocycles. The first-order valence-corrected chi connectivity index (χ1v) is 16.4. The topological polar surface area (TPSA) is 177 Å². The summed E-state index contributed by atoms with van der Waals surface area (Å²) in [6, 6.07) is 6.24. The molecular weight excluding hydrogens is 580 g/mol. The number of benzene rings is 2. The maximum atomic E-state index is 13.5. The molecule has 1 saturated carbocycles. The molecule has 0 bridgehead atoms. The van der Waals surface area contributed by atoms with Crippen molar-refractivity contribution in [3.63, 3.8) is 0 Å². The Balaban J connectivity index is 1.57. The van der Waals surface area contributed by atoms with Crippen LogP contribution in [0.4, 0.5) is 0 Å². The predicted molar refractivity (Wildman–Crippen MR) is 161 cm³/mol. The van der Waals surface area contributed by atoms with Crippen molar-refractivity contribution in [3.05, 3.63) is 47.0 Å². The number of primary amides is 1. The number of carbonyl (C=O) groups excluding carboxylic acids is 3. The molecule has 4 rings (SSSR count). The van der Waals surface area contributed by atoms with E-state index in [1.165, 1.54) is 38.3 Å². The van der Waals surface area contributed by atoms with Crippen LogP contribution in [0.25, 0.3) is 0 Å². The van der Waals surface area contributed by atoms with Crippen LogP contribution in [-0.4, -0.2) is 46.8 Å². The summed E-state index contributed by atoms with van der Waals surface area (Å²) in [5.41, 5.74) is 6.98. The molecule has 2 aromatic rings. The number of ether oxygens (including phenoxy) is 2. The highest BCUT2D eigenvalue weighted by Gasteiger charge is 2.29. The van der Waals surface area contributed by atoms with Crippen molar-refractivity contribution < 1.29 is 38.2 Å². The summed E-state index contributed by atoms with van der Waals surface area (Å²) in [6.45, 7) is 2.17. The molecule has 11 nitrogen and oxygen atoms in total. The fraction of sp³-hybridized carbons (Fsp3) is 0.483. The van der Waals surface area contributed by atoms with Gasteiger partial charge in [0.15, 0.2) is 0 Å². The molecule has 2 aliphatic rings. The number of amides is 3. The Labute approximate surface area is 247 Å². The van der Waals surface area contributed by atoms with Crippen LogP contribution in [0, 0.1) is 5.92 Å². The smallest absolute Gasteiger partial charge is 0.356 e. The molecule has 1 fully saturated rings. The fourth-order valence-electron chi connectivity index (χ4n) is 5.55. The number of nitrogens with two attached hydrogens (primary N) is 1. The third kappa shape index (κ3) is 8.32. The molecule has 3 amide bonds. The minimum Gasteiger partial charge on any atom is -0.493 e. The molecule has 3 atom stereocenters. The number of hydrogen-bond acceptors (Lipinski definition) is 6. The van der Waals surface area contributed by atoms with E-state index >= 15 is 0 Å². The van der Waals surface area contributed by atoms with Crippen LogP contribution < -0.4 is 36.5 Å². The Kier molecular flexibility index (Phi) is 10.7. The minimum absolute atomic E-state index is 0.0000818. The fourth-order valence-corrected chi connectivity index (χ4v) is 6.98. The van der Waals surface area contributed by atoms with Gasteiger partial charge >= 0.3 is 7.60 Å². The van der Waals surface area contributed by atoms with Crippen LogP contribution in [0.5, 0.6) is 11.5 Å². The van der Waals surface area contributed by atoms with Crippen LogP contribution in [0.2, 0.25) is 0 Å². The maximum Gasteiger partial charge on any atom is 0.356 e. The van der Waals surface area contributed by atoms with Crippen molar-refractivity contribution in [2.45, 2.75) is 70.4 Å². The highest BCUT2D eigenvalue weighted by molar-refractivity contribution is 7.61. The van der Waals surface area contributed by atoms with Crippen molar-refractivity contribution in [1.29, 1.82) is 0 Å². The Morgan fingerprint density at radius 3 is 2.52 bits per heavy atom. The van der Waals surface area contributed by atoms with Gasteiger partial charge in [0.2, 0.25) is 11.8 Å². The van der Waals surface area contributed by atoms with Crippen molar-refractivity contribution in [2.24, 2.45) is 11.7 Å². The van der Waals surface area contributed by atoms with Crippen LogP contribution in [0.1, 0.15) is 79.4 Å². The summed E-state index contributed by atoms with van der Waals surface area (Å²) in [6.07, 6.45) is 6.85. The Morgan fingerprint density at radius 2 is 1.86 bits per heavy atom. The van der Waals surface area contributed by atoms with Crippen LogP contribution in [-0.2, 0) is 20.6 Å². The number of hydrogen-bond donors (Lipinski definition) is 5. The van der Waals surface area contributed by atoms with E-state index in [0.29, 0.717) is 59.9 Å². The number of nitrogens with one attached hydrogen (secondary N) is 2. The highest BCUT2D eigenvalue weighted by Crippen LogP contribution is 2.38. The zero-order valence-electron chi connectivity index (χ0n) is 23.6. The molecule has 6 N–H and O–H groups in total. The van der Waals surface area contributed by atoms with Crippen LogP contribution >= 0.6 is 16.8 Å². The number of carbonyl (C=O) groups is 3. The molecule has 0 spiro atoms. The third-order valence-corrected chi connectivity index (χ3v) is 9.47. The van der Waals surface area contributed by atoms with Gasteiger partial charge in [-0.05, 0) is 54.6 Å². The summed E-state index contributed by atoms with van der Waals surface area (Å²) in [4.78, 5) is 57.4. The third-order valence-electron chi connectivity index (χ3n) is 7.71. The van der Waals surface area contributed by atoms with E-state index in [-0.39, 0.29) is 17.3 Å². The monoisotopic (exact) mass is 619 g/mol. The average Bonchev–Trinajstić information content (AvgIpc) is 3.13. The van der Waals surface area contributed by atoms with Gasteiger partial charge in [0, 0.05) is 25.0 Å². The lowest BCUT2D eigenvalue weighted by Crippen LogP contribution is -2.48. The SMILES string of the molecule is CC(=O)N[C@@H](Cc1ccc(P)c(P(=O)(O)O)c1)C(=O)N[C@H]1CCCOc2cc(OCC3CCCCC3)c(C(N)=O)cc21. The maximum absolute atomic E-state index is 13.5. The van der Waals surface area contributed by atoms with Gasteiger partial charge in [-0.1, -0.05) is 31.4 Å². The summed E-state index contributed by atoms with van der Waals surface area (Å²) in [5.74, 6) is -0.321. The van der Waals surface area contributed by atoms with Crippen LogP contribution in [0.15, 0.2) is 30.3 Å². The molecule has 13 heteroatoms. The van der Waals surface area contributed by atoms with Crippen LogP contribution in [0.3, 0.4) is 0 Å². The van der Waals surface area contributed by atoms with E-state index < -0.39 is 37.4 Å². The highest BCUT2D eigenvalue weighted by atomic mass is 31.2. The zero-order valence-corrected chi connectivity index (χ0v) is 25.7. The lowest BCUT2D eigenvalue weighted by molar-refractivity contribution is -0.128. The quantitative estimate of drug-likeness (QED) is 0.251. The Hall–Kier alpha value is -2.97. The molecule has 1 aliphatic heterocycles. The van der Waals surface area contributed by atoms with Gasteiger partial charge in [-0.3, -0.25) is 18.9 Å². The van der Waals surface area contributed by atoms with Gasteiger partial charge in [-0.25, -0.2) is 0 Å². The number of fused-ring (bicyclic) bond motifs is 1. The second-order valence-corrected chi connectivity index (χ2v) is 13.2. The van der Waals surface area contributed by atoms with Gasteiger partial charge in [-0.2, -0.15) is 0 Å². The summed E-state index contributed by atoms with van der Waals surface area (Å²) in [7, 11) is -2.27. The molecule has 0 aromatic heterocycles. The molecular formula is C29H39N3O8P2. The molecule has 0 saturated heterocycles. The molecule has 228 valence electrons. The van der Waals surface area contributed by atoms with E-state index in [1.807, 2.05) is 0 Å². The van der Waals surface area contributed by atoms with Crippen molar-refractivity contribution >= 4 is 45.2 Å². The summed E-state index contributed by atoms with van der Waals surface area (Å²) in [5, 5.41) is 5.80. The van der Waals surface area contributed by atoms with Crippen molar-refractivity contribution in [2.75, 3.05) is 13.2 Å². The van der Waals surface area contributed by atoms with Gasteiger partial charge in [0.05, 0.1) is 30.1 Å². The first-order valence-electron chi connectivity index (χ1n) is 14.2. The molecule has 0 radical (unpaired) electrons. The van der Waals surface area contributed by atoms with Crippen molar-refractivity contribution in [3.8, 4) is 11.5 Å². The second-order valence-electron chi connectivity index (χ2n) is 11.0. The van der Waals surface area contributed by atoms with Gasteiger partial charge in [0.25, 0.3) is 5.91 Å². The predicted octanol–water partition coefficient (Wildman–Crippen LogP) is 2.13. The van der Waals surface area contributed by atoms with E-state index in [0.717, 1.165) is 12.8 Å². The average molecular weight is 620 g/mol. The van der Waals surface area contributed by atoms with E-state index in [2.05, 4.69) is 19.9 Å². The summed E-state index contributed by atoms with van der Waals surface area (Å²) >= 11 is 0. The largest absolute Gasteiger partial charge is 0.493 e. The lowest BCUT2D eigenvalue weighted by atomic mass is 9.90. The molecule has 2 aromatic carbocycles. The first kappa shape index (κ1) is 32.0. The molecule has 1 unspecified atom stereocenters. The molecule has 1 aliphatic carbocycles. The van der Waals surface area contributed by atoms with Crippen molar-refractivity contribution in [1.82, 2.24) is 10.6 Å². The Morgan fingerprint density at radius 1 is 1.12 bits per heavy atom. The van der Waals surface area contributed by atoms with Gasteiger partial charge in [-0.15, -0.1) is 9.24 Å². The normalized spacial score (nSPS) is 18.1. The zero-order chi connectivity index (χ0) is 30.4. The van der Waals surface area contributed by atoms with Gasteiger partial charge in [0.1, 0.15) is 17.5 Å². The van der Waals surface area contributed by atoms with E-state index in [1.54, 1.807) is 18.2 Å². The second kappa shape index (κ2) is 14.0. The van der Waals surface area contributed by atoms with Gasteiger partial charge < -0.3 is 35.6 Å². The van der Waals surface area contributed by atoms with E-state index in [4.69, 9.17) is 15.2 Å². The first-order chi connectivity index (χ1) is 19.9. The minimum atomic E-state index is -4.55. The lowest BCUT2D eigenvalue weighted by Gasteiger charge is -2.25. The Bertz CT molecular complexity index is 1370. The summed E-state index contributed by atoms with van der Waals surface area (Å²) < 4.78 is 24.0.